The number of nitrogens with zero attached hydrogens (tertiary/aromatic N) is 3. The minimum Gasteiger partial charge on any atom is -0.372 e. The number of rotatable bonds is 5. The Labute approximate surface area is 175 Å². The smallest absolute Gasteiger partial charge is 0.321 e. The number of nitrogens with one attached hydrogen (secondary N) is 1. The molecule has 1 aromatic carbocycles. The molecule has 1 aromatic rings. The normalized spacial score (nSPS) is 21.0. The zero-order valence-corrected chi connectivity index (χ0v) is 17.7. The number of benzene rings is 1. The number of allylic oxidation sites excluding steroid dienone is 1. The standard InChI is InChI=1S/C24H36N4O/c29-24(25-22-9-11-23(12-10-22)27-14-5-2-6-15-27)28-19-17-26(18-20-28)16-13-21-7-3-1-4-8-21/h7,9-12H,1-6,8,13-20H2,(H,25,29). The maximum atomic E-state index is 12.6. The molecule has 4 rings (SSSR count). The van der Waals surface area contributed by atoms with Gasteiger partial charge in [-0.25, -0.2) is 4.79 Å². The first-order valence-corrected chi connectivity index (χ1v) is 11.6. The van der Waals surface area contributed by atoms with Gasteiger partial charge in [0, 0.05) is 57.2 Å². The Morgan fingerprint density at radius 2 is 1.62 bits per heavy atom. The van der Waals surface area contributed by atoms with Gasteiger partial charge in [-0.3, -0.25) is 4.90 Å². The predicted octanol–water partition coefficient (Wildman–Crippen LogP) is 4.72. The summed E-state index contributed by atoms with van der Waals surface area (Å²) in [6, 6.07) is 8.38. The molecule has 2 saturated heterocycles. The van der Waals surface area contributed by atoms with Crippen molar-refractivity contribution < 1.29 is 4.79 Å². The van der Waals surface area contributed by atoms with E-state index in [0.29, 0.717) is 0 Å². The van der Waals surface area contributed by atoms with E-state index >= 15 is 0 Å². The van der Waals surface area contributed by atoms with Crippen LogP contribution in [-0.2, 0) is 0 Å². The number of piperidine rings is 1. The molecule has 3 aliphatic rings. The third-order valence-corrected chi connectivity index (χ3v) is 6.63. The highest BCUT2D eigenvalue weighted by Crippen LogP contribution is 2.23. The molecule has 158 valence electrons. The van der Waals surface area contributed by atoms with Crippen molar-refractivity contribution in [3.05, 3.63) is 35.9 Å². The second kappa shape index (κ2) is 10.1. The summed E-state index contributed by atoms with van der Waals surface area (Å²) in [7, 11) is 0. The van der Waals surface area contributed by atoms with Crippen LogP contribution in [0.2, 0.25) is 0 Å². The highest BCUT2D eigenvalue weighted by atomic mass is 16.2. The Morgan fingerprint density at radius 3 is 2.31 bits per heavy atom. The van der Waals surface area contributed by atoms with Crippen molar-refractivity contribution in [3.63, 3.8) is 0 Å². The van der Waals surface area contributed by atoms with Gasteiger partial charge in [-0.05, 0) is 75.6 Å². The number of carbonyl (C=O) groups excluding carboxylic acids is 1. The van der Waals surface area contributed by atoms with E-state index in [1.54, 1.807) is 5.57 Å². The van der Waals surface area contributed by atoms with Crippen LogP contribution in [0.3, 0.4) is 0 Å². The fraction of sp³-hybridized carbons (Fsp3) is 0.625. The molecule has 0 spiro atoms. The summed E-state index contributed by atoms with van der Waals surface area (Å²) < 4.78 is 0. The zero-order chi connectivity index (χ0) is 19.9. The van der Waals surface area contributed by atoms with Gasteiger partial charge in [0.2, 0.25) is 0 Å². The Balaban J connectivity index is 1.20. The fourth-order valence-corrected chi connectivity index (χ4v) is 4.72. The molecular formula is C24H36N4O. The van der Waals surface area contributed by atoms with Crippen molar-refractivity contribution in [2.45, 2.75) is 51.4 Å². The van der Waals surface area contributed by atoms with Crippen LogP contribution < -0.4 is 10.2 Å². The van der Waals surface area contributed by atoms with Gasteiger partial charge in [0.15, 0.2) is 0 Å². The average molecular weight is 397 g/mol. The van der Waals surface area contributed by atoms with Crippen molar-refractivity contribution in [1.82, 2.24) is 9.80 Å². The molecule has 29 heavy (non-hydrogen) atoms. The molecule has 5 heteroatoms. The maximum Gasteiger partial charge on any atom is 0.321 e. The third kappa shape index (κ3) is 5.75. The molecule has 0 saturated carbocycles. The van der Waals surface area contributed by atoms with Crippen LogP contribution in [0.15, 0.2) is 35.9 Å². The Kier molecular flexibility index (Phi) is 7.09. The largest absolute Gasteiger partial charge is 0.372 e. The maximum absolute atomic E-state index is 12.6. The van der Waals surface area contributed by atoms with Crippen molar-refractivity contribution in [3.8, 4) is 0 Å². The molecule has 1 N–H and O–H groups in total. The van der Waals surface area contributed by atoms with Crippen LogP contribution in [0, 0.1) is 0 Å². The highest BCUT2D eigenvalue weighted by Gasteiger charge is 2.21. The molecule has 0 unspecified atom stereocenters. The van der Waals surface area contributed by atoms with Crippen LogP contribution in [0.4, 0.5) is 16.2 Å². The van der Waals surface area contributed by atoms with Crippen LogP contribution >= 0.6 is 0 Å². The van der Waals surface area contributed by atoms with Gasteiger partial charge in [-0.15, -0.1) is 0 Å². The molecular weight excluding hydrogens is 360 g/mol. The van der Waals surface area contributed by atoms with Crippen molar-refractivity contribution in [1.29, 1.82) is 0 Å². The summed E-state index contributed by atoms with van der Waals surface area (Å²) in [6.07, 6.45) is 12.8. The molecule has 0 aromatic heterocycles. The molecule has 5 nitrogen and oxygen atoms in total. The van der Waals surface area contributed by atoms with Crippen molar-refractivity contribution in [2.75, 3.05) is 56.0 Å². The van der Waals surface area contributed by atoms with Crippen LogP contribution in [0.25, 0.3) is 0 Å². The second-order valence-electron chi connectivity index (χ2n) is 8.71. The van der Waals surface area contributed by atoms with Gasteiger partial charge < -0.3 is 15.1 Å². The van der Waals surface area contributed by atoms with E-state index in [-0.39, 0.29) is 6.03 Å². The van der Waals surface area contributed by atoms with E-state index < -0.39 is 0 Å². The molecule has 0 atom stereocenters. The van der Waals surface area contributed by atoms with Crippen molar-refractivity contribution >= 4 is 17.4 Å². The minimum absolute atomic E-state index is 0.0327. The van der Waals surface area contributed by atoms with E-state index in [1.807, 2.05) is 17.0 Å². The summed E-state index contributed by atoms with van der Waals surface area (Å²) in [6.45, 7) is 7.02. The highest BCUT2D eigenvalue weighted by molar-refractivity contribution is 5.89. The lowest BCUT2D eigenvalue weighted by molar-refractivity contribution is 0.148. The van der Waals surface area contributed by atoms with E-state index in [0.717, 1.165) is 51.5 Å². The molecule has 2 fully saturated rings. The first kappa shape index (κ1) is 20.3. The third-order valence-electron chi connectivity index (χ3n) is 6.63. The quantitative estimate of drug-likeness (QED) is 0.732. The first-order chi connectivity index (χ1) is 14.3. The second-order valence-corrected chi connectivity index (χ2v) is 8.71. The molecule has 0 radical (unpaired) electrons. The number of carbonyl (C=O) groups is 1. The molecule has 1 aliphatic carbocycles. The molecule has 2 heterocycles. The molecule has 0 bridgehead atoms. The number of anilines is 2. The van der Waals surface area contributed by atoms with E-state index in [9.17, 15) is 4.79 Å². The van der Waals surface area contributed by atoms with Crippen LogP contribution in [0.5, 0.6) is 0 Å². The number of hydrogen-bond donors (Lipinski definition) is 1. The number of urea groups is 1. The summed E-state index contributed by atoms with van der Waals surface area (Å²) >= 11 is 0. The SMILES string of the molecule is O=C(Nc1ccc(N2CCCCC2)cc1)N1CCN(CCC2=CCCCC2)CC1. The van der Waals surface area contributed by atoms with Crippen molar-refractivity contribution in [2.24, 2.45) is 0 Å². The number of hydrogen-bond acceptors (Lipinski definition) is 3. The van der Waals surface area contributed by atoms with E-state index in [1.165, 1.54) is 57.1 Å². The Morgan fingerprint density at radius 1 is 0.862 bits per heavy atom. The van der Waals surface area contributed by atoms with E-state index in [4.69, 9.17) is 0 Å². The summed E-state index contributed by atoms with van der Waals surface area (Å²) in [5.41, 5.74) is 3.80. The number of piperazine rings is 1. The lowest BCUT2D eigenvalue weighted by atomic mass is 9.97. The first-order valence-electron chi connectivity index (χ1n) is 11.6. The molecule has 2 amide bonds. The summed E-state index contributed by atoms with van der Waals surface area (Å²) in [4.78, 5) is 19.5. The lowest BCUT2D eigenvalue weighted by Crippen LogP contribution is -2.50. The van der Waals surface area contributed by atoms with Gasteiger partial charge in [0.05, 0.1) is 0 Å². The number of amides is 2. The lowest BCUT2D eigenvalue weighted by Gasteiger charge is -2.35. The van der Waals surface area contributed by atoms with Gasteiger partial charge in [-0.1, -0.05) is 11.6 Å². The Bertz CT molecular complexity index is 685. The average Bonchev–Trinajstić information content (AvgIpc) is 2.80. The topological polar surface area (TPSA) is 38.8 Å². The summed E-state index contributed by atoms with van der Waals surface area (Å²) in [5.74, 6) is 0. The fourth-order valence-electron chi connectivity index (χ4n) is 4.72. The molecule has 2 aliphatic heterocycles. The van der Waals surface area contributed by atoms with Gasteiger partial charge in [-0.2, -0.15) is 0 Å². The predicted molar refractivity (Wildman–Crippen MR) is 121 cm³/mol. The van der Waals surface area contributed by atoms with E-state index in [2.05, 4.69) is 33.3 Å². The van der Waals surface area contributed by atoms with Gasteiger partial charge in [0.25, 0.3) is 0 Å². The summed E-state index contributed by atoms with van der Waals surface area (Å²) in [5, 5.41) is 3.08. The van der Waals surface area contributed by atoms with Crippen LogP contribution in [-0.4, -0.2) is 61.6 Å². The van der Waals surface area contributed by atoms with Gasteiger partial charge >= 0.3 is 6.03 Å². The monoisotopic (exact) mass is 396 g/mol. The Hall–Kier alpha value is -2.01. The van der Waals surface area contributed by atoms with Crippen LogP contribution in [0.1, 0.15) is 51.4 Å². The minimum atomic E-state index is 0.0327. The zero-order valence-electron chi connectivity index (χ0n) is 17.7. The van der Waals surface area contributed by atoms with Gasteiger partial charge in [0.1, 0.15) is 0 Å².